The summed E-state index contributed by atoms with van der Waals surface area (Å²) in [5.41, 5.74) is 1.09. The summed E-state index contributed by atoms with van der Waals surface area (Å²) >= 11 is 0. The van der Waals surface area contributed by atoms with Gasteiger partial charge in [-0.3, -0.25) is 14.8 Å². The van der Waals surface area contributed by atoms with Crippen LogP contribution < -0.4 is 10.2 Å². The second-order valence-electron chi connectivity index (χ2n) is 7.37. The summed E-state index contributed by atoms with van der Waals surface area (Å²) in [5.74, 6) is 0.821. The quantitative estimate of drug-likeness (QED) is 0.629. The minimum Gasteiger partial charge on any atom is -0.368 e. The number of anilines is 1. The van der Waals surface area contributed by atoms with Gasteiger partial charge in [-0.2, -0.15) is 0 Å². The minimum absolute atomic E-state index is 0.180. The lowest BCUT2D eigenvalue weighted by atomic mass is 10.1. The first kappa shape index (κ1) is 17.5. The van der Waals surface area contributed by atoms with Gasteiger partial charge in [0, 0.05) is 84.2 Å². The SMILES string of the molecule is CN=C(NCC1CN2CCN1CC2)N1CCN(c2ccc(F)cc2)CC1. The molecule has 0 aliphatic carbocycles. The molecule has 142 valence electrons. The zero-order valence-electron chi connectivity index (χ0n) is 15.6. The normalized spacial score (nSPS) is 29.2. The average Bonchev–Trinajstić information content (AvgIpc) is 2.70. The third-order valence-corrected chi connectivity index (χ3v) is 5.87. The van der Waals surface area contributed by atoms with E-state index in [1.807, 2.05) is 19.2 Å². The van der Waals surface area contributed by atoms with Crippen molar-refractivity contribution in [3.8, 4) is 0 Å². The Hall–Kier alpha value is -1.86. The Labute approximate surface area is 155 Å². The van der Waals surface area contributed by atoms with Crippen LogP contribution in [-0.4, -0.2) is 99.2 Å². The molecule has 4 fully saturated rings. The number of nitrogens with one attached hydrogen (secondary N) is 1. The van der Waals surface area contributed by atoms with Crippen molar-refractivity contribution in [3.05, 3.63) is 30.1 Å². The van der Waals surface area contributed by atoms with Gasteiger partial charge < -0.3 is 15.1 Å². The van der Waals surface area contributed by atoms with Crippen LogP contribution >= 0.6 is 0 Å². The van der Waals surface area contributed by atoms with E-state index in [0.717, 1.165) is 44.4 Å². The number of hydrogen-bond acceptors (Lipinski definition) is 4. The van der Waals surface area contributed by atoms with Crippen LogP contribution in [0.15, 0.2) is 29.3 Å². The molecule has 1 atom stereocenters. The van der Waals surface area contributed by atoms with Crippen molar-refractivity contribution in [2.24, 2.45) is 4.99 Å². The van der Waals surface area contributed by atoms with Gasteiger partial charge in [-0.25, -0.2) is 4.39 Å². The van der Waals surface area contributed by atoms with Crippen molar-refractivity contribution in [2.45, 2.75) is 6.04 Å². The molecule has 0 spiro atoms. The zero-order valence-corrected chi connectivity index (χ0v) is 15.6. The molecular formula is C19H29FN6. The lowest BCUT2D eigenvalue weighted by Gasteiger charge is -2.48. The Morgan fingerprint density at radius 2 is 1.73 bits per heavy atom. The highest BCUT2D eigenvalue weighted by Gasteiger charge is 2.32. The average molecular weight is 360 g/mol. The maximum absolute atomic E-state index is 13.1. The van der Waals surface area contributed by atoms with Crippen LogP contribution in [-0.2, 0) is 0 Å². The van der Waals surface area contributed by atoms with Gasteiger partial charge in [-0.1, -0.05) is 0 Å². The maximum Gasteiger partial charge on any atom is 0.193 e. The molecule has 4 aliphatic rings. The zero-order chi connectivity index (χ0) is 17.9. The van der Waals surface area contributed by atoms with Gasteiger partial charge in [0.15, 0.2) is 5.96 Å². The smallest absolute Gasteiger partial charge is 0.193 e. The number of hydrogen-bond donors (Lipinski definition) is 1. The summed E-state index contributed by atoms with van der Waals surface area (Å²) in [6.07, 6.45) is 0. The van der Waals surface area contributed by atoms with Crippen LogP contribution in [0.5, 0.6) is 0 Å². The number of piperazine rings is 4. The molecule has 4 heterocycles. The molecule has 1 aromatic carbocycles. The number of benzene rings is 1. The third-order valence-electron chi connectivity index (χ3n) is 5.87. The summed E-state index contributed by atoms with van der Waals surface area (Å²) in [7, 11) is 1.87. The molecule has 2 bridgehead atoms. The fourth-order valence-corrected chi connectivity index (χ4v) is 4.29. The highest BCUT2D eigenvalue weighted by Crippen LogP contribution is 2.17. The summed E-state index contributed by atoms with van der Waals surface area (Å²) < 4.78 is 13.1. The number of aliphatic imine (C=N–C) groups is 1. The molecule has 4 aliphatic heterocycles. The summed E-state index contributed by atoms with van der Waals surface area (Å²) in [4.78, 5) is 14.3. The lowest BCUT2D eigenvalue weighted by Crippen LogP contribution is -2.64. The summed E-state index contributed by atoms with van der Waals surface area (Å²) in [5, 5.41) is 3.60. The Balaban J connectivity index is 1.28. The molecule has 1 N–H and O–H groups in total. The van der Waals surface area contributed by atoms with Crippen LogP contribution in [0, 0.1) is 5.82 Å². The van der Waals surface area contributed by atoms with Gasteiger partial charge in [0.1, 0.15) is 5.82 Å². The Morgan fingerprint density at radius 1 is 1.04 bits per heavy atom. The maximum atomic E-state index is 13.1. The van der Waals surface area contributed by atoms with Gasteiger partial charge in [-0.15, -0.1) is 0 Å². The topological polar surface area (TPSA) is 37.4 Å². The number of rotatable bonds is 3. The second-order valence-corrected chi connectivity index (χ2v) is 7.37. The van der Waals surface area contributed by atoms with E-state index < -0.39 is 0 Å². The van der Waals surface area contributed by atoms with Gasteiger partial charge in [-0.05, 0) is 24.3 Å². The predicted molar refractivity (Wildman–Crippen MR) is 103 cm³/mol. The van der Waals surface area contributed by atoms with E-state index in [1.165, 1.54) is 44.9 Å². The van der Waals surface area contributed by atoms with Crippen LogP contribution in [0.25, 0.3) is 0 Å². The Bertz CT molecular complexity index is 617. The molecule has 0 saturated carbocycles. The number of nitrogens with zero attached hydrogens (tertiary/aromatic N) is 5. The molecule has 5 rings (SSSR count). The van der Waals surface area contributed by atoms with E-state index >= 15 is 0 Å². The first-order valence-corrected chi connectivity index (χ1v) is 9.65. The van der Waals surface area contributed by atoms with Crippen LogP contribution in [0.2, 0.25) is 0 Å². The van der Waals surface area contributed by atoms with E-state index in [2.05, 4.69) is 29.9 Å². The van der Waals surface area contributed by atoms with E-state index in [9.17, 15) is 4.39 Å². The first-order chi connectivity index (χ1) is 12.7. The monoisotopic (exact) mass is 360 g/mol. The van der Waals surface area contributed by atoms with Crippen LogP contribution in [0.4, 0.5) is 10.1 Å². The first-order valence-electron chi connectivity index (χ1n) is 9.65. The van der Waals surface area contributed by atoms with Crippen molar-refractivity contribution in [1.29, 1.82) is 0 Å². The molecule has 1 aromatic rings. The molecule has 0 aromatic heterocycles. The molecule has 26 heavy (non-hydrogen) atoms. The third kappa shape index (κ3) is 3.78. The Morgan fingerprint density at radius 3 is 2.31 bits per heavy atom. The molecular weight excluding hydrogens is 331 g/mol. The fraction of sp³-hybridized carbons (Fsp3) is 0.632. The van der Waals surface area contributed by atoms with Gasteiger partial charge >= 0.3 is 0 Å². The standard InChI is InChI=1S/C19H29FN6/c1-21-19(22-14-18-15-23-6-8-25(18)9-7-23)26-12-10-24(11-13-26)17-4-2-16(20)3-5-17/h2-5,18H,6-15H2,1H3,(H,21,22). The number of fused-ring (bicyclic) bond motifs is 3. The molecule has 0 amide bonds. The molecule has 0 radical (unpaired) electrons. The van der Waals surface area contributed by atoms with E-state index in [-0.39, 0.29) is 5.82 Å². The van der Waals surface area contributed by atoms with Gasteiger partial charge in [0.05, 0.1) is 0 Å². The van der Waals surface area contributed by atoms with E-state index in [1.54, 1.807) is 0 Å². The van der Waals surface area contributed by atoms with Crippen molar-refractivity contribution >= 4 is 11.6 Å². The number of halogens is 1. The van der Waals surface area contributed by atoms with Crippen molar-refractivity contribution in [3.63, 3.8) is 0 Å². The number of guanidine groups is 1. The lowest BCUT2D eigenvalue weighted by molar-refractivity contribution is 0.0152. The minimum atomic E-state index is -0.180. The molecule has 6 nitrogen and oxygen atoms in total. The Kier molecular flexibility index (Phi) is 5.26. The van der Waals surface area contributed by atoms with Crippen LogP contribution in [0.3, 0.4) is 0 Å². The van der Waals surface area contributed by atoms with Gasteiger partial charge in [0.2, 0.25) is 0 Å². The highest BCUT2D eigenvalue weighted by atomic mass is 19.1. The molecule has 7 heteroatoms. The van der Waals surface area contributed by atoms with Crippen molar-refractivity contribution in [2.75, 3.05) is 77.4 Å². The van der Waals surface area contributed by atoms with E-state index in [0.29, 0.717) is 6.04 Å². The van der Waals surface area contributed by atoms with Crippen LogP contribution in [0.1, 0.15) is 0 Å². The van der Waals surface area contributed by atoms with Gasteiger partial charge in [0.25, 0.3) is 0 Å². The van der Waals surface area contributed by atoms with E-state index in [4.69, 9.17) is 0 Å². The van der Waals surface area contributed by atoms with Crippen molar-refractivity contribution in [1.82, 2.24) is 20.0 Å². The highest BCUT2D eigenvalue weighted by molar-refractivity contribution is 5.80. The summed E-state index contributed by atoms with van der Waals surface area (Å²) in [6, 6.07) is 7.38. The predicted octanol–water partition coefficient (Wildman–Crippen LogP) is 0.523. The largest absolute Gasteiger partial charge is 0.368 e. The second kappa shape index (κ2) is 7.80. The van der Waals surface area contributed by atoms with Crippen molar-refractivity contribution < 1.29 is 4.39 Å². The summed E-state index contributed by atoms with van der Waals surface area (Å²) in [6.45, 7) is 10.7. The fourth-order valence-electron chi connectivity index (χ4n) is 4.29. The molecule has 4 saturated heterocycles. The molecule has 1 unspecified atom stereocenters.